The molecule has 17 heavy (non-hydrogen) atoms. The van der Waals surface area contributed by atoms with E-state index in [-0.39, 0.29) is 18.9 Å². The molecular weight excluding hydrogens is 222 g/mol. The van der Waals surface area contributed by atoms with Crippen LogP contribution in [0.3, 0.4) is 0 Å². The quantitative estimate of drug-likeness (QED) is 0.549. The summed E-state index contributed by atoms with van der Waals surface area (Å²) in [5.41, 5.74) is -0.407. The fraction of sp³-hybridized carbons (Fsp3) is 0.818. The SMILES string of the molecule is CCCNC(=O)CN(C)C1(CC(=O)O)CNC1. The molecule has 6 nitrogen and oxygen atoms in total. The molecular formula is C11H21N3O3. The first-order valence-corrected chi connectivity index (χ1v) is 5.90. The standard InChI is InChI=1S/C11H21N3O3/c1-3-4-13-9(15)6-14(2)11(5-10(16)17)7-12-8-11/h12H,3-8H2,1-2H3,(H,13,15)(H,16,17). The van der Waals surface area contributed by atoms with Gasteiger partial charge < -0.3 is 15.7 Å². The van der Waals surface area contributed by atoms with Crippen molar-refractivity contribution < 1.29 is 14.7 Å². The number of hydrogen-bond acceptors (Lipinski definition) is 4. The lowest BCUT2D eigenvalue weighted by molar-refractivity contribution is -0.142. The van der Waals surface area contributed by atoms with E-state index in [0.29, 0.717) is 19.6 Å². The van der Waals surface area contributed by atoms with Crippen LogP contribution in [0.5, 0.6) is 0 Å². The predicted octanol–water partition coefficient (Wildman–Crippen LogP) is -0.739. The molecule has 0 aliphatic carbocycles. The Morgan fingerprint density at radius 1 is 1.47 bits per heavy atom. The van der Waals surface area contributed by atoms with Gasteiger partial charge in [-0.25, -0.2) is 0 Å². The molecule has 1 rings (SSSR count). The van der Waals surface area contributed by atoms with Crippen molar-refractivity contribution in [3.8, 4) is 0 Å². The summed E-state index contributed by atoms with van der Waals surface area (Å²) in [7, 11) is 1.80. The van der Waals surface area contributed by atoms with Crippen LogP contribution in [0.4, 0.5) is 0 Å². The number of nitrogens with one attached hydrogen (secondary N) is 2. The van der Waals surface area contributed by atoms with Gasteiger partial charge in [0.25, 0.3) is 0 Å². The maximum Gasteiger partial charge on any atom is 0.305 e. The van der Waals surface area contributed by atoms with Crippen LogP contribution in [-0.2, 0) is 9.59 Å². The molecule has 1 aliphatic rings. The predicted molar refractivity (Wildman–Crippen MR) is 63.8 cm³/mol. The number of amides is 1. The summed E-state index contributed by atoms with van der Waals surface area (Å²) in [4.78, 5) is 24.2. The second-order valence-corrected chi connectivity index (χ2v) is 4.60. The number of likely N-dealkylation sites (N-methyl/N-ethyl adjacent to an activating group) is 1. The van der Waals surface area contributed by atoms with E-state index >= 15 is 0 Å². The van der Waals surface area contributed by atoms with E-state index < -0.39 is 11.5 Å². The molecule has 0 unspecified atom stereocenters. The van der Waals surface area contributed by atoms with E-state index in [1.807, 2.05) is 11.8 Å². The Balaban J connectivity index is 2.46. The minimum atomic E-state index is -0.827. The molecule has 0 aromatic carbocycles. The molecule has 98 valence electrons. The molecule has 1 saturated heterocycles. The molecule has 0 saturated carbocycles. The van der Waals surface area contributed by atoms with E-state index in [0.717, 1.165) is 6.42 Å². The van der Waals surface area contributed by atoms with Gasteiger partial charge in [0, 0.05) is 19.6 Å². The van der Waals surface area contributed by atoms with Crippen molar-refractivity contribution in [2.24, 2.45) is 0 Å². The number of aliphatic carboxylic acids is 1. The minimum Gasteiger partial charge on any atom is -0.481 e. The lowest BCUT2D eigenvalue weighted by Crippen LogP contribution is -2.69. The van der Waals surface area contributed by atoms with Crippen molar-refractivity contribution >= 4 is 11.9 Å². The minimum absolute atomic E-state index is 0.0500. The number of carboxylic acids is 1. The van der Waals surface area contributed by atoms with Crippen LogP contribution in [0.1, 0.15) is 19.8 Å². The highest BCUT2D eigenvalue weighted by Crippen LogP contribution is 2.23. The highest BCUT2D eigenvalue weighted by molar-refractivity contribution is 5.78. The van der Waals surface area contributed by atoms with Crippen LogP contribution in [0, 0.1) is 0 Å². The summed E-state index contributed by atoms with van der Waals surface area (Å²) in [6, 6.07) is 0. The monoisotopic (exact) mass is 243 g/mol. The first kappa shape index (κ1) is 13.9. The van der Waals surface area contributed by atoms with Crippen molar-refractivity contribution in [3.63, 3.8) is 0 Å². The smallest absolute Gasteiger partial charge is 0.305 e. The highest BCUT2D eigenvalue weighted by Gasteiger charge is 2.43. The lowest BCUT2D eigenvalue weighted by Gasteiger charge is -2.48. The average Bonchev–Trinajstić information content (AvgIpc) is 2.20. The molecule has 0 atom stereocenters. The Bertz CT molecular complexity index is 290. The summed E-state index contributed by atoms with van der Waals surface area (Å²) >= 11 is 0. The molecule has 0 radical (unpaired) electrons. The van der Waals surface area contributed by atoms with Gasteiger partial charge in [-0.15, -0.1) is 0 Å². The van der Waals surface area contributed by atoms with Gasteiger partial charge in [-0.05, 0) is 13.5 Å². The number of carboxylic acid groups (broad SMARTS) is 1. The third kappa shape index (κ3) is 3.67. The molecule has 0 bridgehead atoms. The van der Waals surface area contributed by atoms with Gasteiger partial charge in [0.1, 0.15) is 0 Å². The molecule has 0 spiro atoms. The van der Waals surface area contributed by atoms with E-state index in [2.05, 4.69) is 10.6 Å². The molecule has 1 amide bonds. The van der Waals surface area contributed by atoms with Crippen LogP contribution in [0.2, 0.25) is 0 Å². The Hall–Kier alpha value is -1.14. The van der Waals surface area contributed by atoms with Gasteiger partial charge in [0.05, 0.1) is 18.5 Å². The summed E-state index contributed by atoms with van der Waals surface area (Å²) in [5, 5.41) is 14.7. The number of rotatable bonds is 7. The highest BCUT2D eigenvalue weighted by atomic mass is 16.4. The number of hydrogen-bond donors (Lipinski definition) is 3. The van der Waals surface area contributed by atoms with Crippen molar-refractivity contribution in [1.29, 1.82) is 0 Å². The fourth-order valence-electron chi connectivity index (χ4n) is 1.93. The first-order valence-electron chi connectivity index (χ1n) is 5.90. The maximum atomic E-state index is 11.6. The molecule has 1 aliphatic heterocycles. The van der Waals surface area contributed by atoms with Gasteiger partial charge in [0.15, 0.2) is 0 Å². The van der Waals surface area contributed by atoms with Crippen LogP contribution in [-0.4, -0.2) is 60.6 Å². The van der Waals surface area contributed by atoms with E-state index in [1.54, 1.807) is 7.05 Å². The van der Waals surface area contributed by atoms with Gasteiger partial charge in [-0.1, -0.05) is 6.92 Å². The third-order valence-electron chi connectivity index (χ3n) is 3.15. The molecule has 6 heteroatoms. The third-order valence-corrected chi connectivity index (χ3v) is 3.15. The zero-order valence-corrected chi connectivity index (χ0v) is 10.5. The average molecular weight is 243 g/mol. The summed E-state index contributed by atoms with van der Waals surface area (Å²) < 4.78 is 0. The molecule has 0 aromatic heterocycles. The van der Waals surface area contributed by atoms with Gasteiger partial charge >= 0.3 is 5.97 Å². The maximum absolute atomic E-state index is 11.6. The summed E-state index contributed by atoms with van der Waals surface area (Å²) in [6.45, 7) is 4.14. The molecule has 0 aromatic rings. The zero-order chi connectivity index (χ0) is 12.9. The van der Waals surface area contributed by atoms with Crippen LogP contribution >= 0.6 is 0 Å². The number of carbonyl (C=O) groups is 2. The number of carbonyl (C=O) groups excluding carboxylic acids is 1. The van der Waals surface area contributed by atoms with Crippen molar-refractivity contribution in [1.82, 2.24) is 15.5 Å². The number of nitrogens with zero attached hydrogens (tertiary/aromatic N) is 1. The van der Waals surface area contributed by atoms with Crippen LogP contribution in [0.15, 0.2) is 0 Å². The Morgan fingerprint density at radius 2 is 2.12 bits per heavy atom. The summed E-state index contributed by atoms with van der Waals surface area (Å²) in [5.74, 6) is -0.877. The second kappa shape index (κ2) is 5.97. The van der Waals surface area contributed by atoms with Crippen molar-refractivity contribution in [2.45, 2.75) is 25.3 Å². The van der Waals surface area contributed by atoms with Gasteiger partial charge in [-0.2, -0.15) is 0 Å². The normalized spacial score (nSPS) is 17.6. The van der Waals surface area contributed by atoms with Gasteiger partial charge in [-0.3, -0.25) is 14.5 Å². The van der Waals surface area contributed by atoms with Crippen LogP contribution in [0.25, 0.3) is 0 Å². The van der Waals surface area contributed by atoms with E-state index in [9.17, 15) is 9.59 Å². The summed E-state index contributed by atoms with van der Waals surface area (Å²) in [6.07, 6.45) is 0.967. The molecule has 1 fully saturated rings. The van der Waals surface area contributed by atoms with Crippen LogP contribution < -0.4 is 10.6 Å². The van der Waals surface area contributed by atoms with E-state index in [4.69, 9.17) is 5.11 Å². The molecule has 1 heterocycles. The molecule has 3 N–H and O–H groups in total. The Labute approximate surface area is 101 Å². The Kier molecular flexibility index (Phi) is 4.89. The van der Waals surface area contributed by atoms with Crippen molar-refractivity contribution in [3.05, 3.63) is 0 Å². The lowest BCUT2D eigenvalue weighted by atomic mass is 9.87. The van der Waals surface area contributed by atoms with Crippen molar-refractivity contribution in [2.75, 3.05) is 33.2 Å². The Morgan fingerprint density at radius 3 is 2.53 bits per heavy atom. The fourth-order valence-corrected chi connectivity index (χ4v) is 1.93. The zero-order valence-electron chi connectivity index (χ0n) is 10.5. The topological polar surface area (TPSA) is 81.7 Å². The van der Waals surface area contributed by atoms with E-state index in [1.165, 1.54) is 0 Å². The largest absolute Gasteiger partial charge is 0.481 e. The second-order valence-electron chi connectivity index (χ2n) is 4.60. The van der Waals surface area contributed by atoms with Gasteiger partial charge in [0.2, 0.25) is 5.91 Å². The first-order chi connectivity index (χ1) is 8.00.